The van der Waals surface area contributed by atoms with Gasteiger partial charge >= 0.3 is 0 Å². The molecule has 12 heavy (non-hydrogen) atoms. The first-order chi connectivity index (χ1) is 5.77. The fourth-order valence-corrected chi connectivity index (χ4v) is 2.01. The Morgan fingerprint density at radius 3 is 3.17 bits per heavy atom. The second-order valence-corrected chi connectivity index (χ2v) is 3.77. The van der Waals surface area contributed by atoms with Crippen molar-refractivity contribution in [3.8, 4) is 0 Å². The van der Waals surface area contributed by atoms with Gasteiger partial charge in [-0.25, -0.2) is 0 Å². The summed E-state index contributed by atoms with van der Waals surface area (Å²) in [6.45, 7) is 0.641. The monoisotopic (exact) mass is 188 g/mol. The van der Waals surface area contributed by atoms with E-state index in [-0.39, 0.29) is 11.5 Å². The Kier molecular flexibility index (Phi) is 2.21. The number of hydrogen-bond donors (Lipinski definition) is 3. The summed E-state index contributed by atoms with van der Waals surface area (Å²) in [6.07, 6.45) is 2.06. The third-order valence-electron chi connectivity index (χ3n) is 2.43. The second kappa shape index (κ2) is 3.20. The minimum atomic E-state index is 0.0416. The maximum atomic E-state index is 5.95. The van der Waals surface area contributed by atoms with Crippen LogP contribution >= 0.6 is 11.6 Å². The minimum absolute atomic E-state index is 0.0416. The van der Waals surface area contributed by atoms with Crippen LogP contribution in [-0.4, -0.2) is 30.1 Å². The summed E-state index contributed by atoms with van der Waals surface area (Å²) < 4.78 is 0. The van der Waals surface area contributed by atoms with Crippen molar-refractivity contribution in [1.82, 2.24) is 10.6 Å². The number of piperidine rings is 1. The van der Waals surface area contributed by atoms with Gasteiger partial charge in [-0.2, -0.15) is 0 Å². The zero-order chi connectivity index (χ0) is 8.55. The number of rotatable bonds is 0. The number of hydrogen-bond acceptors (Lipinski definition) is 4. The van der Waals surface area contributed by atoms with Crippen LogP contribution in [-0.2, 0) is 0 Å². The van der Waals surface area contributed by atoms with Crippen LogP contribution in [0.3, 0.4) is 0 Å². The SMILES string of the molecule is NC1=NCNC2CCC(Cl)NC12. The molecule has 0 aromatic carbocycles. The predicted molar refractivity (Wildman–Crippen MR) is 49.2 cm³/mol. The standard InChI is InChI=1S/C7H13ClN4/c8-5-2-1-4-6(12-5)7(9)11-3-10-4/h4-6,10,12H,1-3H2,(H2,9,11). The highest BCUT2D eigenvalue weighted by molar-refractivity contribution is 6.20. The van der Waals surface area contributed by atoms with Crippen LogP contribution in [0.15, 0.2) is 4.99 Å². The van der Waals surface area contributed by atoms with Crippen LogP contribution in [0.1, 0.15) is 12.8 Å². The zero-order valence-electron chi connectivity index (χ0n) is 6.76. The van der Waals surface area contributed by atoms with Crippen molar-refractivity contribution >= 4 is 17.4 Å². The molecule has 1 saturated heterocycles. The molecule has 68 valence electrons. The van der Waals surface area contributed by atoms with Gasteiger partial charge in [0.2, 0.25) is 0 Å². The molecule has 4 nitrogen and oxygen atoms in total. The van der Waals surface area contributed by atoms with E-state index in [2.05, 4.69) is 15.6 Å². The van der Waals surface area contributed by atoms with Gasteiger partial charge in [-0.3, -0.25) is 15.6 Å². The Bertz CT molecular complexity index is 206. The summed E-state index contributed by atoms with van der Waals surface area (Å²) in [5.74, 6) is 0.684. The number of alkyl halides is 1. The number of nitrogens with zero attached hydrogens (tertiary/aromatic N) is 1. The van der Waals surface area contributed by atoms with E-state index < -0.39 is 0 Å². The zero-order valence-corrected chi connectivity index (χ0v) is 7.51. The van der Waals surface area contributed by atoms with E-state index in [0.717, 1.165) is 12.8 Å². The van der Waals surface area contributed by atoms with Crippen molar-refractivity contribution in [3.63, 3.8) is 0 Å². The number of nitrogens with one attached hydrogen (secondary N) is 2. The van der Waals surface area contributed by atoms with Crippen LogP contribution in [0.25, 0.3) is 0 Å². The topological polar surface area (TPSA) is 62.4 Å². The van der Waals surface area contributed by atoms with Crippen LogP contribution in [0.2, 0.25) is 0 Å². The number of halogens is 1. The van der Waals surface area contributed by atoms with Crippen LogP contribution in [0.4, 0.5) is 0 Å². The largest absolute Gasteiger partial charge is 0.386 e. The summed E-state index contributed by atoms with van der Waals surface area (Å²) in [4.78, 5) is 4.11. The third-order valence-corrected chi connectivity index (χ3v) is 2.77. The van der Waals surface area contributed by atoms with E-state index in [9.17, 15) is 0 Å². The first-order valence-electron chi connectivity index (χ1n) is 4.20. The van der Waals surface area contributed by atoms with Gasteiger partial charge in [-0.05, 0) is 12.8 Å². The maximum absolute atomic E-state index is 5.95. The Hall–Kier alpha value is -0.320. The fraction of sp³-hybridized carbons (Fsp3) is 0.857. The van der Waals surface area contributed by atoms with E-state index in [1.54, 1.807) is 0 Å². The first-order valence-corrected chi connectivity index (χ1v) is 4.64. The molecule has 2 aliphatic heterocycles. The number of fused-ring (bicyclic) bond motifs is 1. The van der Waals surface area contributed by atoms with Gasteiger partial charge in [0.15, 0.2) is 0 Å². The van der Waals surface area contributed by atoms with Crippen molar-refractivity contribution in [1.29, 1.82) is 0 Å². The minimum Gasteiger partial charge on any atom is -0.386 e. The van der Waals surface area contributed by atoms with E-state index in [0.29, 0.717) is 18.5 Å². The van der Waals surface area contributed by atoms with E-state index in [4.69, 9.17) is 17.3 Å². The van der Waals surface area contributed by atoms with Crippen LogP contribution in [0.5, 0.6) is 0 Å². The van der Waals surface area contributed by atoms with Crippen molar-refractivity contribution in [2.75, 3.05) is 6.67 Å². The smallest absolute Gasteiger partial charge is 0.114 e. The lowest BCUT2D eigenvalue weighted by atomic mass is 9.96. The molecule has 5 heteroatoms. The van der Waals surface area contributed by atoms with Crippen molar-refractivity contribution in [2.45, 2.75) is 30.4 Å². The molecule has 2 rings (SSSR count). The Morgan fingerprint density at radius 2 is 2.33 bits per heavy atom. The van der Waals surface area contributed by atoms with Gasteiger partial charge < -0.3 is 5.73 Å². The quantitative estimate of drug-likeness (QED) is 0.358. The predicted octanol–water partition coefficient (Wildman–Crippen LogP) is -0.410. The van der Waals surface area contributed by atoms with E-state index >= 15 is 0 Å². The summed E-state index contributed by atoms with van der Waals surface area (Å²) in [5.41, 5.74) is 5.78. The molecule has 2 heterocycles. The number of nitrogens with two attached hydrogens (primary N) is 1. The molecule has 3 atom stereocenters. The van der Waals surface area contributed by atoms with Crippen molar-refractivity contribution < 1.29 is 0 Å². The lowest BCUT2D eigenvalue weighted by Crippen LogP contribution is -2.62. The molecule has 3 unspecified atom stereocenters. The van der Waals surface area contributed by atoms with E-state index in [1.165, 1.54) is 0 Å². The molecule has 1 fully saturated rings. The average Bonchev–Trinajstić information content (AvgIpc) is 2.07. The lowest BCUT2D eigenvalue weighted by Gasteiger charge is -2.37. The van der Waals surface area contributed by atoms with Crippen molar-refractivity contribution in [3.05, 3.63) is 0 Å². The third kappa shape index (κ3) is 1.42. The summed E-state index contributed by atoms with van der Waals surface area (Å²) in [6, 6.07) is 0.549. The second-order valence-electron chi connectivity index (χ2n) is 3.24. The molecule has 0 aliphatic carbocycles. The van der Waals surface area contributed by atoms with E-state index in [1.807, 2.05) is 0 Å². The molecular weight excluding hydrogens is 176 g/mol. The molecule has 0 bridgehead atoms. The molecule has 0 spiro atoms. The highest BCUT2D eigenvalue weighted by Gasteiger charge is 2.32. The van der Waals surface area contributed by atoms with Crippen LogP contribution < -0.4 is 16.4 Å². The highest BCUT2D eigenvalue weighted by Crippen LogP contribution is 2.17. The van der Waals surface area contributed by atoms with Gasteiger partial charge in [-0.1, -0.05) is 0 Å². The molecule has 0 aromatic rings. The van der Waals surface area contributed by atoms with Gasteiger partial charge in [0.25, 0.3) is 0 Å². The number of aliphatic imine (C=N–C) groups is 1. The summed E-state index contributed by atoms with van der Waals surface area (Å²) in [7, 11) is 0. The highest BCUT2D eigenvalue weighted by atomic mass is 35.5. The van der Waals surface area contributed by atoms with Crippen molar-refractivity contribution in [2.24, 2.45) is 10.7 Å². The Morgan fingerprint density at radius 1 is 1.50 bits per heavy atom. The van der Waals surface area contributed by atoms with Gasteiger partial charge in [-0.15, -0.1) is 11.6 Å². The Labute approximate surface area is 76.6 Å². The number of amidine groups is 1. The fourth-order valence-electron chi connectivity index (χ4n) is 1.75. The van der Waals surface area contributed by atoms with Crippen LogP contribution in [0, 0.1) is 0 Å². The maximum Gasteiger partial charge on any atom is 0.114 e. The first kappa shape index (κ1) is 8.29. The molecule has 0 aromatic heterocycles. The average molecular weight is 189 g/mol. The molecule has 0 saturated carbocycles. The molecule has 2 aliphatic rings. The Balaban J connectivity index is 2.10. The summed E-state index contributed by atoms with van der Waals surface area (Å²) >= 11 is 5.95. The molecule has 0 amide bonds. The summed E-state index contributed by atoms with van der Waals surface area (Å²) in [5, 5.41) is 6.50. The molecular formula is C7H13ClN4. The van der Waals surface area contributed by atoms with Gasteiger partial charge in [0.1, 0.15) is 5.84 Å². The van der Waals surface area contributed by atoms with Gasteiger partial charge in [0.05, 0.1) is 18.2 Å². The molecule has 4 N–H and O–H groups in total. The molecule has 0 radical (unpaired) electrons. The normalized spacial score (nSPS) is 41.8. The lowest BCUT2D eigenvalue weighted by molar-refractivity contribution is 0.325. The van der Waals surface area contributed by atoms with Gasteiger partial charge in [0, 0.05) is 6.04 Å².